The average Bonchev–Trinajstić information content (AvgIpc) is 3.34. The van der Waals surface area contributed by atoms with Gasteiger partial charge in [-0.05, 0) is 47.8 Å². The summed E-state index contributed by atoms with van der Waals surface area (Å²) in [7, 11) is 0. The van der Waals surface area contributed by atoms with Gasteiger partial charge in [0.1, 0.15) is 18.7 Å². The summed E-state index contributed by atoms with van der Waals surface area (Å²) < 4.78 is 10.6. The SMILES string of the molecule is C=CCNC(=O)C(=O)C(CCC)NC(=O)[C@@H]1[C@@H]2[C@H](CN1C(=O)[C@@H](NC(=O)NC1(COC(=O)OCC(C)C)CCCCC1)C(C)(C)C)C2(C)C. The lowest BCUT2D eigenvalue weighted by Crippen LogP contribution is -2.63. The van der Waals surface area contributed by atoms with Crippen molar-refractivity contribution in [2.24, 2.45) is 28.6 Å². The standard InChI is InChI=1S/C36H59N5O8/c1-10-15-24(27(42)30(44)37-18-11-2)38-29(43)26-25-23(35(25,8)9)19-41(26)31(45)28(34(5,6)7)39-32(46)40-36(16-13-12-14-17-36)21-49-33(47)48-20-22(3)4/h11,22-26,28H,2,10,12-21H2,1,3-9H3,(H,37,44)(H,38,43)(H2,39,40,46)/t23-,24?,25-,26-,28+/m0/s1. The molecule has 5 amide bonds. The third kappa shape index (κ3) is 9.97. The molecule has 276 valence electrons. The van der Waals surface area contributed by atoms with Gasteiger partial charge >= 0.3 is 12.2 Å². The molecule has 0 bridgehead atoms. The lowest BCUT2D eigenvalue weighted by atomic mass is 9.82. The van der Waals surface area contributed by atoms with E-state index in [1.54, 1.807) is 0 Å². The second kappa shape index (κ2) is 16.4. The van der Waals surface area contributed by atoms with Gasteiger partial charge in [-0.25, -0.2) is 9.59 Å². The van der Waals surface area contributed by atoms with E-state index < -0.39 is 64.8 Å². The zero-order valence-corrected chi connectivity index (χ0v) is 30.7. The lowest BCUT2D eigenvalue weighted by molar-refractivity contribution is -0.145. The van der Waals surface area contributed by atoms with E-state index in [0.29, 0.717) is 25.8 Å². The van der Waals surface area contributed by atoms with Crippen molar-refractivity contribution >= 4 is 35.7 Å². The Morgan fingerprint density at radius 3 is 2.22 bits per heavy atom. The Hall–Kier alpha value is -3.64. The molecular weight excluding hydrogens is 630 g/mol. The van der Waals surface area contributed by atoms with Crippen LogP contribution in [0, 0.1) is 28.6 Å². The Morgan fingerprint density at radius 2 is 1.65 bits per heavy atom. The fourth-order valence-corrected chi connectivity index (χ4v) is 7.27. The zero-order valence-electron chi connectivity index (χ0n) is 30.7. The van der Waals surface area contributed by atoms with Gasteiger partial charge in [-0.2, -0.15) is 0 Å². The molecule has 13 nitrogen and oxygen atoms in total. The largest absolute Gasteiger partial charge is 0.508 e. The molecule has 0 aromatic carbocycles. The van der Waals surface area contributed by atoms with Crippen LogP contribution >= 0.6 is 0 Å². The Labute approximate surface area is 291 Å². The molecule has 0 aromatic heterocycles. The molecule has 3 rings (SSSR count). The van der Waals surface area contributed by atoms with Crippen LogP contribution in [-0.2, 0) is 28.7 Å². The normalized spacial score (nSPS) is 23.3. The number of piperidine rings is 1. The maximum atomic E-state index is 14.4. The molecule has 1 saturated heterocycles. The molecule has 0 radical (unpaired) electrons. The van der Waals surface area contributed by atoms with Crippen LogP contribution in [0.3, 0.4) is 0 Å². The molecular formula is C36H59N5O8. The average molecular weight is 690 g/mol. The summed E-state index contributed by atoms with van der Waals surface area (Å²) in [5.41, 5.74) is -1.75. The molecule has 13 heteroatoms. The first-order chi connectivity index (χ1) is 22.9. The van der Waals surface area contributed by atoms with Crippen LogP contribution in [0.5, 0.6) is 0 Å². The highest BCUT2D eigenvalue weighted by molar-refractivity contribution is 6.38. The highest BCUT2D eigenvalue weighted by Crippen LogP contribution is 2.65. The van der Waals surface area contributed by atoms with Crippen molar-refractivity contribution in [1.29, 1.82) is 0 Å². The second-order valence-electron chi connectivity index (χ2n) is 16.1. The van der Waals surface area contributed by atoms with Crippen LogP contribution in [0.4, 0.5) is 9.59 Å². The van der Waals surface area contributed by atoms with Crippen molar-refractivity contribution in [2.45, 2.75) is 124 Å². The van der Waals surface area contributed by atoms with Crippen LogP contribution in [0.25, 0.3) is 0 Å². The molecule has 1 unspecified atom stereocenters. The van der Waals surface area contributed by atoms with Gasteiger partial charge in [0.2, 0.25) is 17.6 Å². The number of hydrogen-bond donors (Lipinski definition) is 4. The molecule has 49 heavy (non-hydrogen) atoms. The fraction of sp³-hybridized carbons (Fsp3) is 0.778. The van der Waals surface area contributed by atoms with E-state index in [2.05, 4.69) is 41.7 Å². The predicted octanol–water partition coefficient (Wildman–Crippen LogP) is 3.85. The Kier molecular flexibility index (Phi) is 13.3. The minimum Gasteiger partial charge on any atom is -0.434 e. The Morgan fingerprint density at radius 1 is 1.00 bits per heavy atom. The molecule has 1 aliphatic heterocycles. The highest BCUT2D eigenvalue weighted by atomic mass is 16.7. The number of carbonyl (C=O) groups is 6. The minimum absolute atomic E-state index is 0.0540. The monoisotopic (exact) mass is 689 g/mol. The molecule has 2 saturated carbocycles. The highest BCUT2D eigenvalue weighted by Gasteiger charge is 2.70. The summed E-state index contributed by atoms with van der Waals surface area (Å²) >= 11 is 0. The number of fused-ring (bicyclic) bond motifs is 1. The van der Waals surface area contributed by atoms with Gasteiger partial charge in [0, 0.05) is 13.1 Å². The van der Waals surface area contributed by atoms with Crippen molar-refractivity contribution in [2.75, 3.05) is 26.3 Å². The summed E-state index contributed by atoms with van der Waals surface area (Å²) in [6, 6.07) is -3.49. The molecule has 4 N–H and O–H groups in total. The second-order valence-corrected chi connectivity index (χ2v) is 16.1. The van der Waals surface area contributed by atoms with E-state index in [4.69, 9.17) is 9.47 Å². The van der Waals surface area contributed by atoms with E-state index in [-0.39, 0.29) is 49.3 Å². The Balaban J connectivity index is 1.78. The summed E-state index contributed by atoms with van der Waals surface area (Å²) in [4.78, 5) is 81.2. The number of rotatable bonds is 15. The number of likely N-dealkylation sites (tertiary alicyclic amines) is 1. The molecule has 0 aromatic rings. The van der Waals surface area contributed by atoms with E-state index in [1.165, 1.54) is 11.0 Å². The quantitative estimate of drug-likeness (QED) is 0.114. The van der Waals surface area contributed by atoms with E-state index in [9.17, 15) is 28.8 Å². The van der Waals surface area contributed by atoms with Gasteiger partial charge in [-0.1, -0.05) is 87.1 Å². The zero-order chi connectivity index (χ0) is 36.7. The van der Waals surface area contributed by atoms with Crippen molar-refractivity contribution in [3.8, 4) is 0 Å². The molecule has 0 spiro atoms. The van der Waals surface area contributed by atoms with Crippen LogP contribution in [0.15, 0.2) is 12.7 Å². The summed E-state index contributed by atoms with van der Waals surface area (Å²) in [6.07, 6.45) is 5.36. The van der Waals surface area contributed by atoms with Crippen LogP contribution < -0.4 is 21.3 Å². The van der Waals surface area contributed by atoms with Gasteiger partial charge in [-0.3, -0.25) is 19.2 Å². The first-order valence-corrected chi connectivity index (χ1v) is 17.8. The van der Waals surface area contributed by atoms with E-state index >= 15 is 0 Å². The number of Topliss-reactive ketones (excluding diaryl/α,β-unsaturated/α-hetero) is 1. The molecule has 5 atom stereocenters. The number of ketones is 1. The summed E-state index contributed by atoms with van der Waals surface area (Å²) in [5.74, 6) is -2.38. The van der Waals surface area contributed by atoms with Crippen molar-refractivity contribution in [3.05, 3.63) is 12.7 Å². The number of hydrogen-bond acceptors (Lipinski definition) is 8. The number of urea groups is 1. The summed E-state index contributed by atoms with van der Waals surface area (Å²) in [5, 5.41) is 11.2. The number of ether oxygens (including phenoxy) is 2. The molecule has 2 aliphatic carbocycles. The van der Waals surface area contributed by atoms with Crippen molar-refractivity contribution in [1.82, 2.24) is 26.2 Å². The molecule has 1 heterocycles. The van der Waals surface area contributed by atoms with E-state index in [0.717, 1.165) is 19.3 Å². The third-order valence-corrected chi connectivity index (χ3v) is 10.2. The van der Waals surface area contributed by atoms with Gasteiger partial charge in [0.05, 0.1) is 18.2 Å². The topological polar surface area (TPSA) is 172 Å². The summed E-state index contributed by atoms with van der Waals surface area (Å²) in [6.45, 7) is 19.5. The first-order valence-electron chi connectivity index (χ1n) is 17.8. The maximum Gasteiger partial charge on any atom is 0.508 e. The molecule has 3 aliphatic rings. The van der Waals surface area contributed by atoms with Gasteiger partial charge in [-0.15, -0.1) is 6.58 Å². The smallest absolute Gasteiger partial charge is 0.434 e. The Bertz CT molecular complexity index is 1250. The van der Waals surface area contributed by atoms with Crippen LogP contribution in [0.2, 0.25) is 0 Å². The number of nitrogens with one attached hydrogen (secondary N) is 4. The van der Waals surface area contributed by atoms with Crippen molar-refractivity contribution < 1.29 is 38.2 Å². The van der Waals surface area contributed by atoms with Crippen LogP contribution in [0.1, 0.15) is 100 Å². The maximum absolute atomic E-state index is 14.4. The van der Waals surface area contributed by atoms with Gasteiger partial charge < -0.3 is 35.6 Å². The van der Waals surface area contributed by atoms with Crippen molar-refractivity contribution in [3.63, 3.8) is 0 Å². The van der Waals surface area contributed by atoms with Crippen LogP contribution in [-0.4, -0.2) is 90.6 Å². The number of carbonyl (C=O) groups excluding carboxylic acids is 6. The number of nitrogens with zero attached hydrogens (tertiary/aromatic N) is 1. The first kappa shape index (κ1) is 39.8. The number of amides is 5. The van der Waals surface area contributed by atoms with Gasteiger partial charge in [0.25, 0.3) is 5.91 Å². The lowest BCUT2D eigenvalue weighted by Gasteiger charge is -2.40. The predicted molar refractivity (Wildman–Crippen MR) is 184 cm³/mol. The minimum atomic E-state index is -1.04. The third-order valence-electron chi connectivity index (χ3n) is 10.2. The van der Waals surface area contributed by atoms with Gasteiger partial charge in [0.15, 0.2) is 0 Å². The molecule has 3 fully saturated rings. The fourth-order valence-electron chi connectivity index (χ4n) is 7.27. The van der Waals surface area contributed by atoms with E-state index in [1.807, 2.05) is 41.5 Å².